The second-order valence-corrected chi connectivity index (χ2v) is 6.85. The molecule has 30 heavy (non-hydrogen) atoms. The monoisotopic (exact) mass is 405 g/mol. The number of benzene rings is 1. The predicted molar refractivity (Wildman–Crippen MR) is 113 cm³/mol. The van der Waals surface area contributed by atoms with E-state index in [1.54, 1.807) is 43.8 Å². The third-order valence-electron chi connectivity index (χ3n) is 4.99. The fourth-order valence-electron chi connectivity index (χ4n) is 3.26. The Morgan fingerprint density at radius 1 is 0.967 bits per heavy atom. The molecule has 1 fully saturated rings. The SMILES string of the molecule is COc1ccc(OCC(=O)N2CCN(c3ccc(-c4cccnc4)nn3)CC2)cc1. The summed E-state index contributed by atoms with van der Waals surface area (Å²) in [5, 5.41) is 8.66. The average Bonchev–Trinajstić information content (AvgIpc) is 2.83. The van der Waals surface area contributed by atoms with Crippen molar-refractivity contribution >= 4 is 11.7 Å². The molecule has 0 atom stereocenters. The van der Waals surface area contributed by atoms with Gasteiger partial charge < -0.3 is 19.3 Å². The first-order valence-corrected chi connectivity index (χ1v) is 9.76. The number of aromatic nitrogens is 3. The first-order chi connectivity index (χ1) is 14.7. The van der Waals surface area contributed by atoms with E-state index in [4.69, 9.17) is 9.47 Å². The summed E-state index contributed by atoms with van der Waals surface area (Å²) < 4.78 is 10.7. The standard InChI is InChI=1S/C22H23N5O3/c1-29-18-4-6-19(7-5-18)30-16-22(28)27-13-11-26(12-14-27)21-9-8-20(24-25-21)17-3-2-10-23-15-17/h2-10,15H,11-14,16H2,1H3. The van der Waals surface area contributed by atoms with Gasteiger partial charge in [0.05, 0.1) is 12.8 Å². The van der Waals surface area contributed by atoms with Crippen LogP contribution >= 0.6 is 0 Å². The van der Waals surface area contributed by atoms with Crippen molar-refractivity contribution in [2.45, 2.75) is 0 Å². The molecule has 3 aromatic rings. The van der Waals surface area contributed by atoms with Crippen molar-refractivity contribution in [1.82, 2.24) is 20.1 Å². The number of carbonyl (C=O) groups excluding carboxylic acids is 1. The molecule has 1 amide bonds. The maximum atomic E-state index is 12.5. The minimum Gasteiger partial charge on any atom is -0.497 e. The second kappa shape index (κ2) is 9.21. The second-order valence-electron chi connectivity index (χ2n) is 6.85. The molecule has 0 bridgehead atoms. The number of pyridine rings is 1. The first-order valence-electron chi connectivity index (χ1n) is 9.76. The molecule has 1 aromatic carbocycles. The number of amides is 1. The Morgan fingerprint density at radius 3 is 2.37 bits per heavy atom. The molecule has 1 saturated heterocycles. The number of carbonyl (C=O) groups is 1. The lowest BCUT2D eigenvalue weighted by atomic mass is 10.2. The minimum absolute atomic E-state index is 0.0198. The largest absolute Gasteiger partial charge is 0.497 e. The molecule has 3 heterocycles. The van der Waals surface area contributed by atoms with Gasteiger partial charge in [-0.3, -0.25) is 9.78 Å². The van der Waals surface area contributed by atoms with E-state index in [0.717, 1.165) is 22.8 Å². The smallest absolute Gasteiger partial charge is 0.260 e. The van der Waals surface area contributed by atoms with Crippen molar-refractivity contribution in [2.24, 2.45) is 0 Å². The van der Waals surface area contributed by atoms with Crippen LogP contribution in [-0.4, -0.2) is 65.9 Å². The third-order valence-corrected chi connectivity index (χ3v) is 4.99. The molecule has 0 N–H and O–H groups in total. The molecule has 0 aliphatic carbocycles. The Morgan fingerprint density at radius 2 is 1.73 bits per heavy atom. The summed E-state index contributed by atoms with van der Waals surface area (Å²) >= 11 is 0. The molecule has 8 nitrogen and oxygen atoms in total. The van der Waals surface area contributed by atoms with Crippen LogP contribution in [0, 0.1) is 0 Å². The first kappa shape index (κ1) is 19.6. The van der Waals surface area contributed by atoms with Crippen molar-refractivity contribution in [3.05, 3.63) is 60.9 Å². The van der Waals surface area contributed by atoms with Crippen LogP contribution in [-0.2, 0) is 4.79 Å². The van der Waals surface area contributed by atoms with Crippen LogP contribution in [0.4, 0.5) is 5.82 Å². The van der Waals surface area contributed by atoms with Gasteiger partial charge in [0, 0.05) is 44.1 Å². The molecule has 0 unspecified atom stereocenters. The van der Waals surface area contributed by atoms with E-state index in [2.05, 4.69) is 20.1 Å². The zero-order valence-electron chi connectivity index (χ0n) is 16.8. The summed E-state index contributed by atoms with van der Waals surface area (Å²) in [6.45, 7) is 2.67. The van der Waals surface area contributed by atoms with Crippen LogP contribution in [0.2, 0.25) is 0 Å². The normalized spacial score (nSPS) is 13.8. The van der Waals surface area contributed by atoms with Crippen LogP contribution in [0.5, 0.6) is 11.5 Å². The number of nitrogens with zero attached hydrogens (tertiary/aromatic N) is 5. The van der Waals surface area contributed by atoms with Gasteiger partial charge in [-0.15, -0.1) is 10.2 Å². The van der Waals surface area contributed by atoms with Crippen LogP contribution in [0.25, 0.3) is 11.3 Å². The van der Waals surface area contributed by atoms with E-state index in [1.807, 2.05) is 29.2 Å². The molecular weight excluding hydrogens is 382 g/mol. The van der Waals surface area contributed by atoms with Crippen molar-refractivity contribution < 1.29 is 14.3 Å². The zero-order chi connectivity index (χ0) is 20.8. The minimum atomic E-state index is -0.0246. The Labute approximate surface area is 175 Å². The number of hydrogen-bond donors (Lipinski definition) is 0. The van der Waals surface area contributed by atoms with Gasteiger partial charge in [-0.05, 0) is 48.5 Å². The number of anilines is 1. The van der Waals surface area contributed by atoms with Gasteiger partial charge in [-0.25, -0.2) is 0 Å². The summed E-state index contributed by atoms with van der Waals surface area (Å²) in [5.74, 6) is 2.18. The number of ether oxygens (including phenoxy) is 2. The van der Waals surface area contributed by atoms with E-state index < -0.39 is 0 Å². The van der Waals surface area contributed by atoms with Gasteiger partial charge >= 0.3 is 0 Å². The van der Waals surface area contributed by atoms with Gasteiger partial charge in [-0.2, -0.15) is 0 Å². The molecular formula is C22H23N5O3. The van der Waals surface area contributed by atoms with Crippen molar-refractivity contribution in [2.75, 3.05) is 44.8 Å². The van der Waals surface area contributed by atoms with E-state index >= 15 is 0 Å². The molecule has 4 rings (SSSR count). The Kier molecular flexibility index (Phi) is 6.03. The molecule has 1 aliphatic heterocycles. The number of piperazine rings is 1. The van der Waals surface area contributed by atoms with Crippen molar-refractivity contribution in [3.63, 3.8) is 0 Å². The fraction of sp³-hybridized carbons (Fsp3) is 0.273. The van der Waals surface area contributed by atoms with Gasteiger partial charge in [0.15, 0.2) is 12.4 Å². The zero-order valence-corrected chi connectivity index (χ0v) is 16.8. The lowest BCUT2D eigenvalue weighted by Gasteiger charge is -2.35. The van der Waals surface area contributed by atoms with Gasteiger partial charge in [0.2, 0.25) is 0 Å². The van der Waals surface area contributed by atoms with Crippen molar-refractivity contribution in [1.29, 1.82) is 0 Å². The quantitative estimate of drug-likeness (QED) is 0.622. The van der Waals surface area contributed by atoms with Crippen LogP contribution in [0.15, 0.2) is 60.9 Å². The number of rotatable bonds is 6. The summed E-state index contributed by atoms with van der Waals surface area (Å²) in [6, 6.07) is 14.9. The van der Waals surface area contributed by atoms with Gasteiger partial charge in [0.1, 0.15) is 11.5 Å². The Hall–Kier alpha value is -3.68. The molecule has 0 spiro atoms. The van der Waals surface area contributed by atoms with Gasteiger partial charge in [-0.1, -0.05) is 0 Å². The van der Waals surface area contributed by atoms with E-state index in [0.29, 0.717) is 31.9 Å². The van der Waals surface area contributed by atoms with Crippen LogP contribution in [0.1, 0.15) is 0 Å². The lowest BCUT2D eigenvalue weighted by Crippen LogP contribution is -2.50. The predicted octanol–water partition coefficient (Wildman–Crippen LogP) is 2.27. The highest BCUT2D eigenvalue weighted by Gasteiger charge is 2.22. The molecule has 154 valence electrons. The van der Waals surface area contributed by atoms with Crippen LogP contribution in [0.3, 0.4) is 0 Å². The Balaban J connectivity index is 1.27. The third kappa shape index (κ3) is 4.65. The maximum Gasteiger partial charge on any atom is 0.260 e. The maximum absolute atomic E-state index is 12.5. The Bertz CT molecular complexity index is 956. The summed E-state index contributed by atoms with van der Waals surface area (Å²) in [4.78, 5) is 20.5. The summed E-state index contributed by atoms with van der Waals surface area (Å²) in [6.07, 6.45) is 3.50. The summed E-state index contributed by atoms with van der Waals surface area (Å²) in [7, 11) is 1.61. The molecule has 2 aromatic heterocycles. The van der Waals surface area contributed by atoms with Crippen molar-refractivity contribution in [3.8, 4) is 22.8 Å². The average molecular weight is 405 g/mol. The number of hydrogen-bond acceptors (Lipinski definition) is 7. The molecule has 0 radical (unpaired) electrons. The summed E-state index contributed by atoms with van der Waals surface area (Å²) in [5.41, 5.74) is 1.72. The highest BCUT2D eigenvalue weighted by Crippen LogP contribution is 2.19. The lowest BCUT2D eigenvalue weighted by molar-refractivity contribution is -0.133. The highest BCUT2D eigenvalue weighted by molar-refractivity contribution is 5.78. The van der Waals surface area contributed by atoms with Gasteiger partial charge in [0.25, 0.3) is 5.91 Å². The van der Waals surface area contributed by atoms with Crippen LogP contribution < -0.4 is 14.4 Å². The molecule has 1 aliphatic rings. The number of methoxy groups -OCH3 is 1. The topological polar surface area (TPSA) is 80.7 Å². The highest BCUT2D eigenvalue weighted by atomic mass is 16.5. The molecule has 8 heteroatoms. The van der Waals surface area contributed by atoms with E-state index in [-0.39, 0.29) is 12.5 Å². The van der Waals surface area contributed by atoms with E-state index in [1.165, 1.54) is 0 Å². The van der Waals surface area contributed by atoms with E-state index in [9.17, 15) is 4.79 Å². The molecule has 0 saturated carbocycles. The fourth-order valence-corrected chi connectivity index (χ4v) is 3.26.